The van der Waals surface area contributed by atoms with Gasteiger partial charge in [0.15, 0.2) is 0 Å². The minimum Gasteiger partial charge on any atom is -0.459 e. The van der Waals surface area contributed by atoms with Crippen molar-refractivity contribution in [1.29, 1.82) is 0 Å². The third-order valence-electron chi connectivity index (χ3n) is 2.11. The molecular formula is C13H17ClO3S. The summed E-state index contributed by atoms with van der Waals surface area (Å²) in [5.41, 5.74) is -0.587. The average molecular weight is 289 g/mol. The van der Waals surface area contributed by atoms with Gasteiger partial charge in [-0.2, -0.15) is 0 Å². The lowest BCUT2D eigenvalue weighted by atomic mass is 10.2. The number of rotatable bonds is 3. The van der Waals surface area contributed by atoms with E-state index < -0.39 is 27.6 Å². The molecule has 0 radical (unpaired) electrons. The highest BCUT2D eigenvalue weighted by molar-refractivity contribution is 7.86. The summed E-state index contributed by atoms with van der Waals surface area (Å²) in [4.78, 5) is 12.3. The maximum Gasteiger partial charge on any atom is 0.322 e. The summed E-state index contributed by atoms with van der Waals surface area (Å²) in [6.07, 6.45) is 0. The van der Waals surface area contributed by atoms with E-state index >= 15 is 0 Å². The molecule has 0 bridgehead atoms. The van der Waals surface area contributed by atoms with E-state index in [1.54, 1.807) is 52.0 Å². The number of hydrogen-bond donors (Lipinski definition) is 0. The summed E-state index contributed by atoms with van der Waals surface area (Å²) in [6.45, 7) is 6.90. The molecule has 0 aliphatic heterocycles. The van der Waals surface area contributed by atoms with Gasteiger partial charge in [-0.15, -0.1) is 0 Å². The van der Waals surface area contributed by atoms with Crippen molar-refractivity contribution in [3.8, 4) is 0 Å². The molecule has 2 atom stereocenters. The number of halogens is 1. The standard InChI is InChI=1S/C13H17ClO3S/c1-9(12(15)17-13(2,3)4)18(16)11-8-6-5-7-10(11)14/h5-9H,1-4H3. The molecule has 2 unspecified atom stereocenters. The highest BCUT2D eigenvalue weighted by atomic mass is 35.5. The summed E-state index contributed by atoms with van der Waals surface area (Å²) in [6, 6.07) is 6.79. The first-order valence-corrected chi connectivity index (χ1v) is 7.19. The van der Waals surface area contributed by atoms with Gasteiger partial charge in [0.2, 0.25) is 0 Å². The predicted octanol–water partition coefficient (Wildman–Crippen LogP) is 3.18. The van der Waals surface area contributed by atoms with Crippen molar-refractivity contribution >= 4 is 28.4 Å². The fraction of sp³-hybridized carbons (Fsp3) is 0.462. The Morgan fingerprint density at radius 1 is 1.33 bits per heavy atom. The molecule has 3 nitrogen and oxygen atoms in total. The minimum absolute atomic E-state index is 0.395. The molecular weight excluding hydrogens is 272 g/mol. The molecule has 0 saturated heterocycles. The highest BCUT2D eigenvalue weighted by Crippen LogP contribution is 2.22. The molecule has 0 fully saturated rings. The Labute approximate surface area is 115 Å². The number of hydrogen-bond acceptors (Lipinski definition) is 3. The normalized spacial score (nSPS) is 14.9. The van der Waals surface area contributed by atoms with E-state index in [0.29, 0.717) is 9.92 Å². The van der Waals surface area contributed by atoms with Gasteiger partial charge in [0.05, 0.1) is 20.7 Å². The lowest BCUT2D eigenvalue weighted by Gasteiger charge is -2.22. The van der Waals surface area contributed by atoms with Gasteiger partial charge in [0.1, 0.15) is 10.9 Å². The lowest BCUT2D eigenvalue weighted by molar-refractivity contribution is -0.153. The molecule has 0 aliphatic carbocycles. The van der Waals surface area contributed by atoms with Crippen molar-refractivity contribution in [3.05, 3.63) is 29.3 Å². The van der Waals surface area contributed by atoms with Crippen LogP contribution in [-0.2, 0) is 20.3 Å². The third kappa shape index (κ3) is 4.10. The van der Waals surface area contributed by atoms with Crippen LogP contribution in [0.15, 0.2) is 29.2 Å². The maximum atomic E-state index is 12.2. The molecule has 0 spiro atoms. The van der Waals surface area contributed by atoms with Crippen LogP contribution in [0.2, 0.25) is 5.02 Å². The second-order valence-corrected chi connectivity index (χ2v) is 7.05. The first-order valence-electron chi connectivity index (χ1n) is 5.60. The van der Waals surface area contributed by atoms with Gasteiger partial charge >= 0.3 is 5.97 Å². The van der Waals surface area contributed by atoms with Gasteiger partial charge in [-0.25, -0.2) is 0 Å². The number of benzene rings is 1. The van der Waals surface area contributed by atoms with Gasteiger partial charge in [0.25, 0.3) is 0 Å². The first-order chi connectivity index (χ1) is 8.22. The molecule has 0 heterocycles. The Balaban J connectivity index is 2.85. The van der Waals surface area contributed by atoms with Crippen molar-refractivity contribution in [2.75, 3.05) is 0 Å². The Morgan fingerprint density at radius 3 is 2.39 bits per heavy atom. The van der Waals surface area contributed by atoms with Gasteiger partial charge in [-0.1, -0.05) is 23.7 Å². The quantitative estimate of drug-likeness (QED) is 0.802. The fourth-order valence-corrected chi connectivity index (χ4v) is 2.71. The molecule has 1 aromatic rings. The molecule has 0 N–H and O–H groups in total. The minimum atomic E-state index is -1.51. The summed E-state index contributed by atoms with van der Waals surface area (Å²) in [5.74, 6) is -0.485. The zero-order valence-electron chi connectivity index (χ0n) is 10.9. The molecule has 5 heteroatoms. The van der Waals surface area contributed by atoms with Crippen molar-refractivity contribution < 1.29 is 13.7 Å². The van der Waals surface area contributed by atoms with Crippen LogP contribution in [0.1, 0.15) is 27.7 Å². The van der Waals surface area contributed by atoms with Crippen LogP contribution in [0.4, 0.5) is 0 Å². The summed E-state index contributed by atoms with van der Waals surface area (Å²) in [5, 5.41) is -0.352. The van der Waals surface area contributed by atoms with E-state index in [2.05, 4.69) is 0 Å². The monoisotopic (exact) mass is 288 g/mol. The van der Waals surface area contributed by atoms with Crippen molar-refractivity contribution in [2.24, 2.45) is 0 Å². The number of ether oxygens (including phenoxy) is 1. The topological polar surface area (TPSA) is 43.4 Å². The average Bonchev–Trinajstić information content (AvgIpc) is 2.25. The maximum absolute atomic E-state index is 12.2. The second kappa shape index (κ2) is 5.85. The fourth-order valence-electron chi connectivity index (χ4n) is 1.27. The van der Waals surface area contributed by atoms with Crippen LogP contribution in [0.3, 0.4) is 0 Å². The Bertz CT molecular complexity index is 466. The van der Waals surface area contributed by atoms with Crippen LogP contribution < -0.4 is 0 Å². The van der Waals surface area contributed by atoms with Gasteiger partial charge in [-0.3, -0.25) is 9.00 Å². The first kappa shape index (κ1) is 15.2. The smallest absolute Gasteiger partial charge is 0.322 e. The van der Waals surface area contributed by atoms with Crippen LogP contribution in [0.5, 0.6) is 0 Å². The van der Waals surface area contributed by atoms with Crippen molar-refractivity contribution in [1.82, 2.24) is 0 Å². The Kier molecular flexibility index (Phi) is 4.93. The van der Waals surface area contributed by atoms with Crippen LogP contribution in [0.25, 0.3) is 0 Å². The van der Waals surface area contributed by atoms with Gasteiger partial charge in [-0.05, 0) is 39.8 Å². The third-order valence-corrected chi connectivity index (χ3v) is 4.18. The number of carbonyl (C=O) groups excluding carboxylic acids is 1. The number of carbonyl (C=O) groups is 1. The van der Waals surface area contributed by atoms with E-state index in [4.69, 9.17) is 16.3 Å². The second-order valence-electron chi connectivity index (χ2n) is 4.90. The summed E-state index contributed by atoms with van der Waals surface area (Å²) in [7, 11) is -1.51. The predicted molar refractivity (Wildman–Crippen MR) is 73.2 cm³/mol. The Hall–Kier alpha value is -0.870. The summed E-state index contributed by atoms with van der Waals surface area (Å²) < 4.78 is 17.4. The molecule has 0 amide bonds. The Morgan fingerprint density at radius 2 is 1.89 bits per heavy atom. The molecule has 0 aromatic heterocycles. The lowest BCUT2D eigenvalue weighted by Crippen LogP contribution is -2.32. The molecule has 1 rings (SSSR count). The van der Waals surface area contributed by atoms with E-state index in [-0.39, 0.29) is 0 Å². The van der Waals surface area contributed by atoms with Crippen molar-refractivity contribution in [3.63, 3.8) is 0 Å². The van der Waals surface area contributed by atoms with E-state index in [9.17, 15) is 9.00 Å². The van der Waals surface area contributed by atoms with Crippen LogP contribution >= 0.6 is 11.6 Å². The summed E-state index contributed by atoms with van der Waals surface area (Å²) >= 11 is 5.96. The molecule has 0 saturated carbocycles. The highest BCUT2D eigenvalue weighted by Gasteiger charge is 2.27. The van der Waals surface area contributed by atoms with E-state index in [1.165, 1.54) is 0 Å². The van der Waals surface area contributed by atoms with Gasteiger partial charge < -0.3 is 4.74 Å². The SMILES string of the molecule is CC(C(=O)OC(C)(C)C)S(=O)c1ccccc1Cl. The van der Waals surface area contributed by atoms with E-state index in [0.717, 1.165) is 0 Å². The number of esters is 1. The molecule has 100 valence electrons. The van der Waals surface area contributed by atoms with Crippen LogP contribution in [0, 0.1) is 0 Å². The zero-order valence-corrected chi connectivity index (χ0v) is 12.5. The van der Waals surface area contributed by atoms with Crippen molar-refractivity contribution in [2.45, 2.75) is 43.4 Å². The molecule has 1 aromatic carbocycles. The molecule has 0 aliphatic rings. The van der Waals surface area contributed by atoms with Gasteiger partial charge in [0, 0.05) is 0 Å². The largest absolute Gasteiger partial charge is 0.459 e. The van der Waals surface area contributed by atoms with E-state index in [1.807, 2.05) is 0 Å². The van der Waals surface area contributed by atoms with Crippen LogP contribution in [-0.4, -0.2) is 21.0 Å². The zero-order chi connectivity index (χ0) is 13.9. The molecule has 18 heavy (non-hydrogen) atoms.